The summed E-state index contributed by atoms with van der Waals surface area (Å²) >= 11 is 8.59. The molecule has 0 radical (unpaired) electrons. The number of thiazole rings is 1. The molecular formula is C42H30N2O3S3. The van der Waals surface area contributed by atoms with E-state index < -0.39 is 0 Å². The van der Waals surface area contributed by atoms with E-state index in [0.29, 0.717) is 15.6 Å². The van der Waals surface area contributed by atoms with Gasteiger partial charge in [0, 0.05) is 21.7 Å². The summed E-state index contributed by atoms with van der Waals surface area (Å²) in [7, 11) is 0. The monoisotopic (exact) mass is 706 g/mol. The van der Waals surface area contributed by atoms with Crippen LogP contribution < -0.4 is 14.4 Å². The number of aromatic hydroxyl groups is 1. The molecule has 1 aliphatic heterocycles. The van der Waals surface area contributed by atoms with Crippen molar-refractivity contribution < 1.29 is 14.6 Å². The Morgan fingerprint density at radius 3 is 1.98 bits per heavy atom. The highest BCUT2D eigenvalue weighted by molar-refractivity contribution is 8.04. The molecule has 0 saturated carbocycles. The predicted molar refractivity (Wildman–Crippen MR) is 211 cm³/mol. The van der Waals surface area contributed by atoms with Crippen LogP contribution in [0.5, 0.6) is 17.4 Å². The number of nitrogens with zero attached hydrogens (tertiary/aromatic N) is 2. The van der Waals surface area contributed by atoms with Gasteiger partial charge in [0.2, 0.25) is 5.88 Å². The molecule has 0 aliphatic carbocycles. The van der Waals surface area contributed by atoms with Gasteiger partial charge in [-0.3, -0.25) is 4.57 Å². The van der Waals surface area contributed by atoms with Gasteiger partial charge in [0.1, 0.15) is 11.5 Å². The van der Waals surface area contributed by atoms with Crippen molar-refractivity contribution in [2.45, 2.75) is 11.6 Å². The third kappa shape index (κ3) is 6.33. The number of rotatable bonds is 9. The van der Waals surface area contributed by atoms with Crippen molar-refractivity contribution in [1.29, 1.82) is 0 Å². The second-order valence-corrected chi connectivity index (χ2v) is 14.2. The molecular weight excluding hydrogens is 677 g/mol. The zero-order valence-corrected chi connectivity index (χ0v) is 29.2. The van der Waals surface area contributed by atoms with Gasteiger partial charge in [-0.25, -0.2) is 0 Å². The number of fused-ring (bicyclic) bond motifs is 5. The van der Waals surface area contributed by atoms with E-state index in [9.17, 15) is 5.11 Å². The summed E-state index contributed by atoms with van der Waals surface area (Å²) in [4.78, 5) is 4.04. The van der Waals surface area contributed by atoms with Gasteiger partial charge >= 0.3 is 0 Å². The lowest BCUT2D eigenvalue weighted by atomic mass is 10.1. The SMILES string of the molecule is Oc1c(C=C=CC=CC=C2Sc3c(ccc4ccccc34)N2COc2cccc3ccccc23)sc(=S)n1COc1cccc2ccccc12. The second kappa shape index (κ2) is 14.2. The van der Waals surface area contributed by atoms with Crippen LogP contribution in [-0.4, -0.2) is 16.4 Å². The lowest BCUT2D eigenvalue weighted by Gasteiger charge is -2.21. The van der Waals surface area contributed by atoms with Gasteiger partial charge in [0.05, 0.1) is 15.6 Å². The van der Waals surface area contributed by atoms with Crippen molar-refractivity contribution in [3.63, 3.8) is 0 Å². The molecule has 0 spiro atoms. The van der Waals surface area contributed by atoms with Crippen molar-refractivity contribution in [2.24, 2.45) is 0 Å². The fourth-order valence-electron chi connectivity index (χ4n) is 5.99. The van der Waals surface area contributed by atoms with Crippen LogP contribution in [0.4, 0.5) is 5.69 Å². The molecule has 0 saturated heterocycles. The van der Waals surface area contributed by atoms with Crippen molar-refractivity contribution in [1.82, 2.24) is 4.57 Å². The number of hydrogen-bond donors (Lipinski definition) is 1. The van der Waals surface area contributed by atoms with Crippen LogP contribution in [-0.2, 0) is 6.73 Å². The lowest BCUT2D eigenvalue weighted by molar-refractivity contribution is 0.222. The summed E-state index contributed by atoms with van der Waals surface area (Å²) in [6.07, 6.45) is 9.55. The minimum atomic E-state index is 0.0569. The Morgan fingerprint density at radius 1 is 0.680 bits per heavy atom. The van der Waals surface area contributed by atoms with Crippen LogP contribution in [0.25, 0.3) is 38.4 Å². The highest BCUT2D eigenvalue weighted by Crippen LogP contribution is 2.49. The minimum Gasteiger partial charge on any atom is -0.493 e. The molecule has 1 N–H and O–H groups in total. The molecule has 0 bridgehead atoms. The van der Waals surface area contributed by atoms with Gasteiger partial charge < -0.3 is 19.5 Å². The van der Waals surface area contributed by atoms with E-state index in [-0.39, 0.29) is 12.6 Å². The Bertz CT molecular complexity index is 2570. The van der Waals surface area contributed by atoms with E-state index in [2.05, 4.69) is 71.3 Å². The summed E-state index contributed by atoms with van der Waals surface area (Å²) in [6.45, 7) is 0.475. The summed E-state index contributed by atoms with van der Waals surface area (Å²) in [5, 5.41) is 18.7. The Kier molecular flexibility index (Phi) is 8.99. The smallest absolute Gasteiger partial charge is 0.214 e. The fraction of sp³-hybridized carbons (Fsp3) is 0.0476. The predicted octanol–water partition coefficient (Wildman–Crippen LogP) is 11.7. The minimum absolute atomic E-state index is 0.0569. The Balaban J connectivity index is 1.00. The third-order valence-corrected chi connectivity index (χ3v) is 11.1. The molecule has 244 valence electrons. The van der Waals surface area contributed by atoms with E-state index in [1.54, 1.807) is 22.4 Å². The van der Waals surface area contributed by atoms with Gasteiger partial charge in [-0.2, -0.15) is 0 Å². The van der Waals surface area contributed by atoms with Gasteiger partial charge in [0.15, 0.2) is 17.4 Å². The summed E-state index contributed by atoms with van der Waals surface area (Å²) in [6, 6.07) is 41.2. The molecule has 0 amide bonds. The first-order chi connectivity index (χ1) is 24.6. The summed E-state index contributed by atoms with van der Waals surface area (Å²) in [5.41, 5.74) is 4.28. The average molecular weight is 707 g/mol. The second-order valence-electron chi connectivity index (χ2n) is 11.5. The molecule has 5 nitrogen and oxygen atoms in total. The third-order valence-electron chi connectivity index (χ3n) is 8.47. The highest BCUT2D eigenvalue weighted by atomic mass is 32.2. The van der Waals surface area contributed by atoms with Crippen molar-refractivity contribution >= 4 is 79.4 Å². The molecule has 50 heavy (non-hydrogen) atoms. The van der Waals surface area contributed by atoms with Crippen LogP contribution in [0.1, 0.15) is 4.88 Å². The maximum Gasteiger partial charge on any atom is 0.214 e. The van der Waals surface area contributed by atoms with Crippen molar-refractivity contribution in [3.05, 3.63) is 165 Å². The van der Waals surface area contributed by atoms with Crippen LogP contribution in [0, 0.1) is 3.95 Å². The molecule has 1 aromatic heterocycles. The largest absolute Gasteiger partial charge is 0.493 e. The first kappa shape index (κ1) is 31.7. The average Bonchev–Trinajstić information content (AvgIpc) is 3.65. The van der Waals surface area contributed by atoms with E-state index in [0.717, 1.165) is 43.8 Å². The molecule has 6 aromatic carbocycles. The number of anilines is 1. The van der Waals surface area contributed by atoms with Crippen molar-refractivity contribution in [2.75, 3.05) is 11.6 Å². The fourth-order valence-corrected chi connectivity index (χ4v) is 8.36. The van der Waals surface area contributed by atoms with E-state index in [4.69, 9.17) is 21.7 Å². The number of hydrogen-bond acceptors (Lipinski definition) is 7. The quantitative estimate of drug-likeness (QED) is 0.0916. The maximum atomic E-state index is 10.9. The van der Waals surface area contributed by atoms with Crippen molar-refractivity contribution in [3.8, 4) is 17.4 Å². The Morgan fingerprint density at radius 2 is 1.28 bits per heavy atom. The van der Waals surface area contributed by atoms with Gasteiger partial charge in [-0.15, -0.1) is 17.1 Å². The number of ether oxygens (including phenoxy) is 2. The Labute approximate surface area is 303 Å². The molecule has 0 atom stereocenters. The summed E-state index contributed by atoms with van der Waals surface area (Å²) < 4.78 is 14.6. The zero-order chi connectivity index (χ0) is 33.9. The Hall–Kier alpha value is -5.50. The molecule has 8 heteroatoms. The first-order valence-electron chi connectivity index (χ1n) is 16.0. The molecule has 8 rings (SSSR count). The number of thioether (sulfide) groups is 1. The van der Waals surface area contributed by atoms with E-state index >= 15 is 0 Å². The molecule has 0 fully saturated rings. The number of allylic oxidation sites excluding steroid dienone is 4. The molecule has 2 heterocycles. The van der Waals surface area contributed by atoms with Gasteiger partial charge in [-0.1, -0.05) is 127 Å². The van der Waals surface area contributed by atoms with E-state index in [1.807, 2.05) is 85.0 Å². The zero-order valence-electron chi connectivity index (χ0n) is 26.7. The number of aromatic nitrogens is 1. The molecule has 1 aliphatic rings. The molecule has 0 unspecified atom stereocenters. The van der Waals surface area contributed by atoms with Gasteiger partial charge in [-0.05, 0) is 64.1 Å². The first-order valence-corrected chi connectivity index (χ1v) is 18.1. The standard InChI is InChI=1S/C42H30N2O3S3/c45-41-38(49-42(48)44(41)28-47-37-22-12-17-30-14-6-9-19-33(30)37)23-3-1-2-4-24-39-43(27-46-36-21-11-16-29-13-5-8-18-32(29)36)35-26-25-31-15-7-10-20-34(31)40(35)50-39/h1-2,4-26,45H,27-28H2. The maximum absolute atomic E-state index is 10.9. The lowest BCUT2D eigenvalue weighted by Crippen LogP contribution is -2.23. The van der Waals surface area contributed by atoms with Gasteiger partial charge in [0.25, 0.3) is 0 Å². The van der Waals surface area contributed by atoms with Crippen LogP contribution in [0.15, 0.2) is 161 Å². The van der Waals surface area contributed by atoms with Crippen LogP contribution in [0.3, 0.4) is 0 Å². The number of benzene rings is 6. The van der Waals surface area contributed by atoms with Crippen LogP contribution >= 0.6 is 35.3 Å². The highest BCUT2D eigenvalue weighted by Gasteiger charge is 2.27. The van der Waals surface area contributed by atoms with E-state index in [1.165, 1.54) is 27.0 Å². The van der Waals surface area contributed by atoms with Crippen LogP contribution in [0.2, 0.25) is 0 Å². The normalized spacial score (nSPS) is 13.3. The topological polar surface area (TPSA) is 46.9 Å². The molecule has 7 aromatic rings. The summed E-state index contributed by atoms with van der Waals surface area (Å²) in [5.74, 6) is 1.65.